The van der Waals surface area contributed by atoms with E-state index in [4.69, 9.17) is 4.74 Å². The van der Waals surface area contributed by atoms with Crippen molar-refractivity contribution < 1.29 is 13.2 Å². The molecule has 0 atom stereocenters. The van der Waals surface area contributed by atoms with Crippen LogP contribution in [0.5, 0.6) is 5.75 Å². The van der Waals surface area contributed by atoms with E-state index in [1.807, 2.05) is 31.2 Å². The van der Waals surface area contributed by atoms with Gasteiger partial charge in [0.2, 0.25) is 10.0 Å². The molecule has 4 nitrogen and oxygen atoms in total. The molecule has 7 heteroatoms. The van der Waals surface area contributed by atoms with E-state index in [9.17, 15) is 8.42 Å². The third-order valence-electron chi connectivity index (χ3n) is 2.54. The first-order chi connectivity index (χ1) is 9.53. The number of rotatable bonds is 6. The zero-order valence-electron chi connectivity index (χ0n) is 10.8. The number of hydrogen-bond donors (Lipinski definition) is 1. The van der Waals surface area contributed by atoms with Crippen LogP contribution in [0.2, 0.25) is 0 Å². The van der Waals surface area contributed by atoms with Gasteiger partial charge < -0.3 is 4.74 Å². The highest BCUT2D eigenvalue weighted by molar-refractivity contribution is 9.11. The van der Waals surface area contributed by atoms with Crippen LogP contribution in [0.3, 0.4) is 0 Å². The Bertz CT molecular complexity index is 682. The van der Waals surface area contributed by atoms with Gasteiger partial charge in [0.15, 0.2) is 0 Å². The highest BCUT2D eigenvalue weighted by Crippen LogP contribution is 2.26. The van der Waals surface area contributed by atoms with Gasteiger partial charge in [-0.1, -0.05) is 18.2 Å². The van der Waals surface area contributed by atoms with Crippen LogP contribution in [0.15, 0.2) is 44.4 Å². The number of ether oxygens (including phenoxy) is 1. The highest BCUT2D eigenvalue weighted by atomic mass is 79.9. The predicted octanol–water partition coefficient (Wildman–Crippen LogP) is 3.39. The second-order valence-corrected chi connectivity index (χ2v) is 8.38. The van der Waals surface area contributed by atoms with Crippen LogP contribution in [-0.4, -0.2) is 15.0 Å². The summed E-state index contributed by atoms with van der Waals surface area (Å²) < 4.78 is 33.4. The van der Waals surface area contributed by atoms with Gasteiger partial charge in [-0.2, -0.15) is 0 Å². The molecular formula is C13H14BrNO3S2. The lowest BCUT2D eigenvalue weighted by Crippen LogP contribution is -2.22. The van der Waals surface area contributed by atoms with Crippen molar-refractivity contribution in [2.24, 2.45) is 0 Å². The number of para-hydroxylation sites is 1. The van der Waals surface area contributed by atoms with Gasteiger partial charge in [0.1, 0.15) is 9.96 Å². The standard InChI is InChI=1S/C13H14BrNO3S2/c1-2-18-11-6-4-3-5-10(11)9-15-20(16,17)13-8-7-12(14)19-13/h3-8,15H,2,9H2,1H3. The zero-order chi connectivity index (χ0) is 14.6. The van der Waals surface area contributed by atoms with Crippen molar-refractivity contribution in [2.45, 2.75) is 17.7 Å². The fraction of sp³-hybridized carbons (Fsp3) is 0.231. The Balaban J connectivity index is 2.12. The monoisotopic (exact) mass is 375 g/mol. The third kappa shape index (κ3) is 3.82. The van der Waals surface area contributed by atoms with E-state index in [2.05, 4.69) is 20.7 Å². The number of hydrogen-bond acceptors (Lipinski definition) is 4. The van der Waals surface area contributed by atoms with E-state index in [1.54, 1.807) is 12.1 Å². The fourth-order valence-corrected chi connectivity index (χ4v) is 4.69. The van der Waals surface area contributed by atoms with Gasteiger partial charge in [0.05, 0.1) is 10.4 Å². The van der Waals surface area contributed by atoms with Crippen molar-refractivity contribution in [1.29, 1.82) is 0 Å². The van der Waals surface area contributed by atoms with Gasteiger partial charge in [0, 0.05) is 12.1 Å². The number of benzene rings is 1. The molecule has 0 saturated heterocycles. The Kier molecular flexibility index (Phi) is 5.20. The smallest absolute Gasteiger partial charge is 0.250 e. The Morgan fingerprint density at radius 3 is 2.65 bits per heavy atom. The van der Waals surface area contributed by atoms with Crippen molar-refractivity contribution in [3.05, 3.63) is 45.7 Å². The maximum absolute atomic E-state index is 12.1. The topological polar surface area (TPSA) is 55.4 Å². The first-order valence-electron chi connectivity index (χ1n) is 5.98. The number of thiophene rings is 1. The lowest BCUT2D eigenvalue weighted by molar-refractivity contribution is 0.336. The summed E-state index contributed by atoms with van der Waals surface area (Å²) in [7, 11) is -3.49. The van der Waals surface area contributed by atoms with Crippen LogP contribution in [0.1, 0.15) is 12.5 Å². The summed E-state index contributed by atoms with van der Waals surface area (Å²) in [5.41, 5.74) is 0.813. The summed E-state index contributed by atoms with van der Waals surface area (Å²) in [6.45, 7) is 2.64. The maximum Gasteiger partial charge on any atom is 0.250 e. The molecule has 1 aromatic carbocycles. The molecule has 20 heavy (non-hydrogen) atoms. The summed E-state index contributed by atoms with van der Waals surface area (Å²) in [5.74, 6) is 0.699. The van der Waals surface area contributed by atoms with Crippen molar-refractivity contribution in [3.63, 3.8) is 0 Å². The van der Waals surface area contributed by atoms with E-state index in [-0.39, 0.29) is 6.54 Å². The molecule has 0 bridgehead atoms. The maximum atomic E-state index is 12.1. The molecule has 2 aromatic rings. The summed E-state index contributed by atoms with van der Waals surface area (Å²) in [6.07, 6.45) is 0. The second-order valence-electron chi connectivity index (χ2n) is 3.92. The largest absolute Gasteiger partial charge is 0.494 e. The molecule has 0 unspecified atom stereocenters. The Morgan fingerprint density at radius 1 is 1.25 bits per heavy atom. The van der Waals surface area contributed by atoms with Crippen molar-refractivity contribution in [3.8, 4) is 5.75 Å². The Morgan fingerprint density at radius 2 is 2.00 bits per heavy atom. The highest BCUT2D eigenvalue weighted by Gasteiger charge is 2.16. The average molecular weight is 376 g/mol. The van der Waals surface area contributed by atoms with Crippen molar-refractivity contribution in [1.82, 2.24) is 4.72 Å². The van der Waals surface area contributed by atoms with E-state index in [0.717, 1.165) is 9.35 Å². The zero-order valence-corrected chi connectivity index (χ0v) is 14.0. The molecule has 0 radical (unpaired) electrons. The lowest BCUT2D eigenvalue weighted by Gasteiger charge is -2.10. The molecule has 0 amide bonds. The van der Waals surface area contributed by atoms with E-state index >= 15 is 0 Å². The van der Waals surface area contributed by atoms with Crippen LogP contribution < -0.4 is 9.46 Å². The minimum absolute atomic E-state index is 0.202. The first kappa shape index (κ1) is 15.5. The van der Waals surface area contributed by atoms with Gasteiger partial charge in [-0.15, -0.1) is 11.3 Å². The third-order valence-corrected chi connectivity index (χ3v) is 6.06. The molecular weight excluding hydrogens is 362 g/mol. The summed E-state index contributed by atoms with van der Waals surface area (Å²) in [6, 6.07) is 10.7. The SMILES string of the molecule is CCOc1ccccc1CNS(=O)(=O)c1ccc(Br)s1. The molecule has 0 fully saturated rings. The van der Waals surface area contributed by atoms with Gasteiger partial charge in [-0.05, 0) is 41.1 Å². The van der Waals surface area contributed by atoms with Crippen LogP contribution in [0.4, 0.5) is 0 Å². The van der Waals surface area contributed by atoms with Gasteiger partial charge >= 0.3 is 0 Å². The molecule has 0 aliphatic carbocycles. The minimum atomic E-state index is -3.49. The summed E-state index contributed by atoms with van der Waals surface area (Å²) in [5, 5.41) is 0. The van der Waals surface area contributed by atoms with Gasteiger partial charge in [0.25, 0.3) is 0 Å². The van der Waals surface area contributed by atoms with Crippen molar-refractivity contribution >= 4 is 37.3 Å². The lowest BCUT2D eigenvalue weighted by atomic mass is 10.2. The molecule has 0 spiro atoms. The molecule has 1 N–H and O–H groups in total. The Labute approximate surface area is 131 Å². The average Bonchev–Trinajstić information content (AvgIpc) is 2.86. The Hall–Kier alpha value is -0.890. The summed E-state index contributed by atoms with van der Waals surface area (Å²) in [4.78, 5) is 0. The molecule has 0 aliphatic heterocycles. The fourth-order valence-electron chi connectivity index (χ4n) is 1.63. The van der Waals surface area contributed by atoms with Crippen LogP contribution in [-0.2, 0) is 16.6 Å². The second kappa shape index (κ2) is 6.71. The molecule has 1 heterocycles. The van der Waals surface area contributed by atoms with E-state index < -0.39 is 10.0 Å². The van der Waals surface area contributed by atoms with Gasteiger partial charge in [-0.3, -0.25) is 0 Å². The molecule has 2 rings (SSSR count). The van der Waals surface area contributed by atoms with Crippen molar-refractivity contribution in [2.75, 3.05) is 6.61 Å². The predicted molar refractivity (Wildman–Crippen MR) is 83.7 cm³/mol. The molecule has 1 aromatic heterocycles. The molecule has 0 aliphatic rings. The van der Waals surface area contributed by atoms with Gasteiger partial charge in [-0.25, -0.2) is 13.1 Å². The quantitative estimate of drug-likeness (QED) is 0.841. The van der Waals surface area contributed by atoms with Crippen LogP contribution >= 0.6 is 27.3 Å². The van der Waals surface area contributed by atoms with E-state index in [1.165, 1.54) is 11.3 Å². The minimum Gasteiger partial charge on any atom is -0.494 e. The molecule has 108 valence electrons. The van der Waals surface area contributed by atoms with Crippen LogP contribution in [0.25, 0.3) is 0 Å². The van der Waals surface area contributed by atoms with E-state index in [0.29, 0.717) is 16.6 Å². The number of nitrogens with one attached hydrogen (secondary N) is 1. The number of sulfonamides is 1. The molecule has 0 saturated carbocycles. The number of halogens is 1. The summed E-state index contributed by atoms with van der Waals surface area (Å²) >= 11 is 4.44. The normalized spacial score (nSPS) is 11.5. The first-order valence-corrected chi connectivity index (χ1v) is 9.08. The van der Waals surface area contributed by atoms with Crippen LogP contribution in [0, 0.1) is 0 Å².